The van der Waals surface area contributed by atoms with Gasteiger partial charge in [-0.2, -0.15) is 0 Å². The van der Waals surface area contributed by atoms with E-state index in [1.807, 2.05) is 6.07 Å². The van der Waals surface area contributed by atoms with Crippen molar-refractivity contribution in [3.8, 4) is 0 Å². The van der Waals surface area contributed by atoms with E-state index in [-0.39, 0.29) is 28.9 Å². The van der Waals surface area contributed by atoms with E-state index < -0.39 is 5.97 Å². The topological polar surface area (TPSA) is 67.3 Å². The average Bonchev–Trinajstić information content (AvgIpc) is 3.47. The van der Waals surface area contributed by atoms with E-state index >= 15 is 0 Å². The Bertz CT molecular complexity index is 1250. The number of hydrogen-bond donors (Lipinski definition) is 1. The number of halogens is 1. The van der Waals surface area contributed by atoms with Gasteiger partial charge in [-0.05, 0) is 108 Å². The van der Waals surface area contributed by atoms with Crippen LogP contribution in [0.1, 0.15) is 91.3 Å². The number of carboxylic acid groups (broad SMARTS) is 1. The van der Waals surface area contributed by atoms with E-state index in [4.69, 9.17) is 0 Å². The fraction of sp³-hybridized carbons (Fsp3) is 0.516. The van der Waals surface area contributed by atoms with Crippen LogP contribution in [0.4, 0.5) is 4.39 Å². The summed E-state index contributed by atoms with van der Waals surface area (Å²) in [5.74, 6) is 0.257. The van der Waals surface area contributed by atoms with Crippen LogP contribution in [0, 0.1) is 34.9 Å². The molecule has 1 aromatic heterocycles. The number of ketones is 1. The van der Waals surface area contributed by atoms with E-state index in [0.717, 1.165) is 56.1 Å². The van der Waals surface area contributed by atoms with Crippen LogP contribution in [-0.4, -0.2) is 21.8 Å². The third-order valence-corrected chi connectivity index (χ3v) is 10.1. The zero-order valence-corrected chi connectivity index (χ0v) is 20.9. The number of carboxylic acids is 1. The molecule has 2 saturated carbocycles. The Morgan fingerprint density at radius 3 is 2.81 bits per heavy atom. The molecule has 6 rings (SSSR count). The fourth-order valence-corrected chi connectivity index (χ4v) is 8.29. The first-order valence-electron chi connectivity index (χ1n) is 13.6. The summed E-state index contributed by atoms with van der Waals surface area (Å²) >= 11 is 0. The predicted molar refractivity (Wildman–Crippen MR) is 136 cm³/mol. The number of aryl methyl sites for hydroxylation is 1. The summed E-state index contributed by atoms with van der Waals surface area (Å²) in [7, 11) is 0. The number of rotatable bonds is 5. The van der Waals surface area contributed by atoms with Crippen molar-refractivity contribution in [2.24, 2.45) is 29.1 Å². The minimum Gasteiger partial charge on any atom is -0.481 e. The van der Waals surface area contributed by atoms with Crippen LogP contribution >= 0.6 is 0 Å². The lowest BCUT2D eigenvalue weighted by Gasteiger charge is -2.50. The molecule has 2 fully saturated rings. The van der Waals surface area contributed by atoms with Crippen molar-refractivity contribution >= 4 is 17.3 Å². The minimum absolute atomic E-state index is 0.0382. The summed E-state index contributed by atoms with van der Waals surface area (Å²) in [6.45, 7) is 2.36. The Morgan fingerprint density at radius 1 is 1.14 bits per heavy atom. The van der Waals surface area contributed by atoms with Gasteiger partial charge in [-0.25, -0.2) is 4.39 Å². The molecule has 0 unspecified atom stereocenters. The maximum atomic E-state index is 13.9. The molecule has 4 aliphatic rings. The number of aliphatic carboxylic acids is 1. The van der Waals surface area contributed by atoms with E-state index in [0.29, 0.717) is 30.6 Å². The first kappa shape index (κ1) is 23.6. The van der Waals surface area contributed by atoms with Gasteiger partial charge in [-0.3, -0.25) is 14.6 Å². The summed E-state index contributed by atoms with van der Waals surface area (Å²) in [4.78, 5) is 28.7. The van der Waals surface area contributed by atoms with Crippen molar-refractivity contribution in [3.63, 3.8) is 0 Å². The Hall–Kier alpha value is -2.82. The maximum absolute atomic E-state index is 13.9. The third kappa shape index (κ3) is 3.82. The summed E-state index contributed by atoms with van der Waals surface area (Å²) in [6.07, 6.45) is 13.4. The normalized spacial score (nSPS) is 32.8. The molecule has 0 spiro atoms. The predicted octanol–water partition coefficient (Wildman–Crippen LogP) is 6.84. The van der Waals surface area contributed by atoms with Gasteiger partial charge in [0, 0.05) is 18.2 Å². The zero-order chi connectivity index (χ0) is 25.0. The highest BCUT2D eigenvalue weighted by Gasteiger charge is 2.52. The number of carbonyl (C=O) groups is 2. The van der Waals surface area contributed by atoms with Crippen molar-refractivity contribution in [2.75, 3.05) is 0 Å². The molecule has 188 valence electrons. The Kier molecular flexibility index (Phi) is 5.85. The van der Waals surface area contributed by atoms with Crippen molar-refractivity contribution in [2.45, 2.75) is 70.6 Å². The van der Waals surface area contributed by atoms with Crippen LogP contribution in [-0.2, 0) is 11.2 Å². The number of pyridine rings is 1. The summed E-state index contributed by atoms with van der Waals surface area (Å²) in [6, 6.07) is 7.89. The number of nitrogens with zero attached hydrogens (tertiary/aromatic N) is 1. The highest BCUT2D eigenvalue weighted by Crippen LogP contribution is 2.63. The monoisotopic (exact) mass is 487 g/mol. The number of hydrogen-bond acceptors (Lipinski definition) is 3. The van der Waals surface area contributed by atoms with Gasteiger partial charge in [0.1, 0.15) is 5.82 Å². The van der Waals surface area contributed by atoms with Crippen LogP contribution in [0.15, 0.2) is 42.7 Å². The van der Waals surface area contributed by atoms with Gasteiger partial charge in [0.05, 0.1) is 12.1 Å². The number of aromatic nitrogens is 1. The molecular weight excluding hydrogens is 453 g/mol. The molecule has 0 aliphatic heterocycles. The molecule has 0 radical (unpaired) electrons. The molecule has 0 amide bonds. The zero-order valence-electron chi connectivity index (χ0n) is 20.9. The molecular formula is C31H34FNO3. The third-order valence-electron chi connectivity index (χ3n) is 10.1. The van der Waals surface area contributed by atoms with Crippen molar-refractivity contribution in [1.82, 2.24) is 4.98 Å². The second-order valence-corrected chi connectivity index (χ2v) is 11.8. The van der Waals surface area contributed by atoms with Gasteiger partial charge in [0.25, 0.3) is 0 Å². The number of benzene rings is 1. The van der Waals surface area contributed by atoms with Crippen molar-refractivity contribution in [1.29, 1.82) is 0 Å². The van der Waals surface area contributed by atoms with E-state index in [1.54, 1.807) is 12.3 Å². The summed E-state index contributed by atoms with van der Waals surface area (Å²) in [5.41, 5.74) is 5.67. The number of carbonyl (C=O) groups excluding carboxylic acids is 1. The molecule has 2 aromatic rings. The minimum atomic E-state index is -0.760. The summed E-state index contributed by atoms with van der Waals surface area (Å²) < 4.78 is 13.9. The van der Waals surface area contributed by atoms with Crippen LogP contribution < -0.4 is 0 Å². The van der Waals surface area contributed by atoms with Crippen LogP contribution in [0.5, 0.6) is 0 Å². The van der Waals surface area contributed by atoms with E-state index in [1.165, 1.54) is 22.9 Å². The number of fused-ring (bicyclic) bond motifs is 5. The second-order valence-electron chi connectivity index (χ2n) is 11.8. The SMILES string of the molecule is C[C@]12CC[C@@H]3c4ccc(C(=O)C[C@@H]5CCC[C@@H]5C(=O)O)cc4CC[C@H]3[C@@H]1CC=C2c1cncc(F)c1. The highest BCUT2D eigenvalue weighted by molar-refractivity contribution is 5.96. The van der Waals surface area contributed by atoms with Gasteiger partial charge in [-0.1, -0.05) is 31.6 Å². The van der Waals surface area contributed by atoms with Gasteiger partial charge >= 0.3 is 5.97 Å². The first-order chi connectivity index (χ1) is 17.3. The lowest BCUT2D eigenvalue weighted by Crippen LogP contribution is -2.41. The standard InChI is InChI=1S/C31H34FNO3/c1-31-12-11-25-23-7-6-20(29(34)15-18-3-2-4-24(18)30(35)36)13-19(23)5-8-26(25)28(31)10-9-27(31)21-14-22(32)17-33-16-21/h6-7,9,13-14,16-18,24-26,28H,2-5,8,10-12,15H2,1H3,(H,35,36)/t18-,24-,25+,26+,28-,31+/m0/s1. The smallest absolute Gasteiger partial charge is 0.306 e. The Morgan fingerprint density at radius 2 is 2.00 bits per heavy atom. The molecule has 0 bridgehead atoms. The molecule has 4 aliphatic carbocycles. The highest BCUT2D eigenvalue weighted by atomic mass is 19.1. The lowest BCUT2D eigenvalue weighted by molar-refractivity contribution is -0.142. The Balaban J connectivity index is 1.20. The van der Waals surface area contributed by atoms with Gasteiger partial charge in [0.15, 0.2) is 5.78 Å². The summed E-state index contributed by atoms with van der Waals surface area (Å²) in [5, 5.41) is 9.48. The Labute approximate surface area is 212 Å². The van der Waals surface area contributed by atoms with Crippen LogP contribution in [0.25, 0.3) is 5.57 Å². The van der Waals surface area contributed by atoms with E-state index in [2.05, 4.69) is 30.1 Å². The van der Waals surface area contributed by atoms with Crippen LogP contribution in [0.3, 0.4) is 0 Å². The lowest BCUT2D eigenvalue weighted by atomic mass is 9.54. The molecule has 1 aromatic carbocycles. The molecule has 1 N–H and O–H groups in total. The van der Waals surface area contributed by atoms with Gasteiger partial charge < -0.3 is 5.11 Å². The average molecular weight is 488 g/mol. The molecule has 1 heterocycles. The molecule has 6 atom stereocenters. The maximum Gasteiger partial charge on any atom is 0.306 e. The second kappa shape index (κ2) is 8.93. The molecule has 4 nitrogen and oxygen atoms in total. The molecule has 5 heteroatoms. The van der Waals surface area contributed by atoms with E-state index in [9.17, 15) is 19.1 Å². The van der Waals surface area contributed by atoms with Crippen LogP contribution in [0.2, 0.25) is 0 Å². The molecule has 0 saturated heterocycles. The number of Topliss-reactive ketones (excluding diaryl/α,β-unsaturated/α-hetero) is 1. The quantitative estimate of drug-likeness (QED) is 0.469. The molecule has 36 heavy (non-hydrogen) atoms. The van der Waals surface area contributed by atoms with Crippen molar-refractivity contribution < 1.29 is 19.1 Å². The van der Waals surface area contributed by atoms with Gasteiger partial charge in [-0.15, -0.1) is 0 Å². The van der Waals surface area contributed by atoms with Gasteiger partial charge in [0.2, 0.25) is 0 Å². The largest absolute Gasteiger partial charge is 0.481 e. The number of allylic oxidation sites excluding steroid dienone is 2. The fourth-order valence-electron chi connectivity index (χ4n) is 8.29. The first-order valence-corrected chi connectivity index (χ1v) is 13.6. The van der Waals surface area contributed by atoms with Crippen molar-refractivity contribution in [3.05, 3.63) is 70.8 Å².